The summed E-state index contributed by atoms with van der Waals surface area (Å²) in [5.41, 5.74) is 5.29. The van der Waals surface area contributed by atoms with Crippen molar-refractivity contribution in [3.05, 3.63) is 83.1 Å². The number of aromatic nitrogens is 2. The number of hydrogen-bond donors (Lipinski definition) is 1. The standard InChI is InChI=1S/C20H13ClFN3O4S/c21-15-6-3-7-16(22)19(15)20(26)29-18-11-17(23)25(24-18)30(27,28)14-9-8-12-4-1-2-5-13(12)10-14/h1-11H,23H2. The number of benzene rings is 3. The quantitative estimate of drug-likeness (QED) is 0.478. The highest BCUT2D eigenvalue weighted by molar-refractivity contribution is 7.90. The number of hydrogen-bond acceptors (Lipinski definition) is 6. The predicted octanol–water partition coefficient (Wildman–Crippen LogP) is 3.87. The number of carbonyl (C=O) groups excluding carboxylic acids is 1. The number of nitrogens with zero attached hydrogens (tertiary/aromatic N) is 2. The smallest absolute Gasteiger partial charge is 0.349 e. The van der Waals surface area contributed by atoms with E-state index in [0.717, 1.165) is 17.5 Å². The molecule has 152 valence electrons. The fourth-order valence-corrected chi connectivity index (χ4v) is 4.34. The summed E-state index contributed by atoms with van der Waals surface area (Å²) in [6.07, 6.45) is 0. The van der Waals surface area contributed by atoms with Gasteiger partial charge in [0.25, 0.3) is 10.0 Å². The molecule has 0 aliphatic heterocycles. The van der Waals surface area contributed by atoms with E-state index in [4.69, 9.17) is 22.1 Å². The highest BCUT2D eigenvalue weighted by Gasteiger charge is 2.25. The molecule has 0 aliphatic rings. The Kier molecular flexibility index (Phi) is 4.92. The first-order chi connectivity index (χ1) is 14.3. The van der Waals surface area contributed by atoms with Gasteiger partial charge < -0.3 is 10.5 Å². The molecule has 4 aromatic rings. The van der Waals surface area contributed by atoms with Crippen LogP contribution in [-0.2, 0) is 10.0 Å². The fourth-order valence-electron chi connectivity index (χ4n) is 2.87. The molecule has 0 saturated heterocycles. The van der Waals surface area contributed by atoms with E-state index in [0.29, 0.717) is 9.47 Å². The minimum atomic E-state index is -4.17. The van der Waals surface area contributed by atoms with Crippen LogP contribution in [0.5, 0.6) is 5.88 Å². The van der Waals surface area contributed by atoms with E-state index in [-0.39, 0.29) is 15.7 Å². The van der Waals surface area contributed by atoms with Gasteiger partial charge >= 0.3 is 5.97 Å². The first-order valence-electron chi connectivity index (χ1n) is 8.53. The van der Waals surface area contributed by atoms with Gasteiger partial charge in [-0.25, -0.2) is 9.18 Å². The molecule has 10 heteroatoms. The maximum Gasteiger partial charge on any atom is 0.349 e. The molecule has 0 amide bonds. The second kappa shape index (κ2) is 7.43. The molecule has 0 spiro atoms. The van der Waals surface area contributed by atoms with Crippen molar-refractivity contribution in [1.29, 1.82) is 0 Å². The third-order valence-electron chi connectivity index (χ3n) is 4.29. The molecular formula is C20H13ClFN3O4S. The summed E-state index contributed by atoms with van der Waals surface area (Å²) in [7, 11) is -4.17. The minimum Gasteiger partial charge on any atom is -0.402 e. The highest BCUT2D eigenvalue weighted by Crippen LogP contribution is 2.26. The van der Waals surface area contributed by atoms with E-state index in [9.17, 15) is 17.6 Å². The van der Waals surface area contributed by atoms with E-state index < -0.39 is 33.3 Å². The number of anilines is 1. The van der Waals surface area contributed by atoms with Crippen molar-refractivity contribution in [2.75, 3.05) is 5.73 Å². The lowest BCUT2D eigenvalue weighted by Gasteiger charge is -2.07. The van der Waals surface area contributed by atoms with Gasteiger partial charge in [-0.1, -0.05) is 48.0 Å². The molecule has 0 saturated carbocycles. The Morgan fingerprint density at radius 3 is 2.50 bits per heavy atom. The lowest BCUT2D eigenvalue weighted by molar-refractivity contribution is 0.0722. The van der Waals surface area contributed by atoms with Crippen molar-refractivity contribution >= 4 is 44.2 Å². The molecule has 0 aliphatic carbocycles. The largest absolute Gasteiger partial charge is 0.402 e. The van der Waals surface area contributed by atoms with Gasteiger partial charge in [0.05, 0.1) is 9.92 Å². The number of ether oxygens (including phenoxy) is 1. The summed E-state index contributed by atoms with van der Waals surface area (Å²) in [6, 6.07) is 16.5. The minimum absolute atomic E-state index is 0.0500. The van der Waals surface area contributed by atoms with Crippen molar-refractivity contribution in [2.24, 2.45) is 0 Å². The van der Waals surface area contributed by atoms with Crippen LogP contribution < -0.4 is 10.5 Å². The Hall–Kier alpha value is -3.43. The van der Waals surface area contributed by atoms with Crippen LogP contribution >= 0.6 is 11.6 Å². The van der Waals surface area contributed by atoms with Crippen molar-refractivity contribution in [1.82, 2.24) is 9.19 Å². The molecular weight excluding hydrogens is 433 g/mol. The molecule has 3 aromatic carbocycles. The van der Waals surface area contributed by atoms with Crippen LogP contribution in [0.3, 0.4) is 0 Å². The van der Waals surface area contributed by atoms with Crippen LogP contribution in [0.1, 0.15) is 10.4 Å². The van der Waals surface area contributed by atoms with Gasteiger partial charge in [-0.05, 0) is 35.0 Å². The van der Waals surface area contributed by atoms with E-state index in [1.165, 1.54) is 24.3 Å². The predicted molar refractivity (Wildman–Crippen MR) is 110 cm³/mol. The lowest BCUT2D eigenvalue weighted by atomic mass is 10.1. The van der Waals surface area contributed by atoms with Gasteiger partial charge in [0.1, 0.15) is 17.2 Å². The Bertz CT molecular complexity index is 1380. The van der Waals surface area contributed by atoms with Gasteiger partial charge in [0.15, 0.2) is 0 Å². The Morgan fingerprint density at radius 1 is 1.03 bits per heavy atom. The van der Waals surface area contributed by atoms with Crippen LogP contribution in [0, 0.1) is 5.82 Å². The molecule has 0 fully saturated rings. The van der Waals surface area contributed by atoms with E-state index in [1.807, 2.05) is 12.1 Å². The van der Waals surface area contributed by atoms with E-state index in [1.54, 1.807) is 18.2 Å². The summed E-state index contributed by atoms with van der Waals surface area (Å²) >= 11 is 5.84. The molecule has 1 heterocycles. The summed E-state index contributed by atoms with van der Waals surface area (Å²) in [4.78, 5) is 12.2. The number of esters is 1. The fraction of sp³-hybridized carbons (Fsp3) is 0. The molecule has 30 heavy (non-hydrogen) atoms. The average Bonchev–Trinajstić information content (AvgIpc) is 3.08. The Labute approximate surface area is 175 Å². The number of halogens is 2. The Morgan fingerprint density at radius 2 is 1.77 bits per heavy atom. The summed E-state index contributed by atoms with van der Waals surface area (Å²) < 4.78 is 45.4. The second-order valence-electron chi connectivity index (χ2n) is 6.25. The zero-order valence-electron chi connectivity index (χ0n) is 15.1. The van der Waals surface area contributed by atoms with Gasteiger partial charge in [-0.15, -0.1) is 9.19 Å². The zero-order valence-corrected chi connectivity index (χ0v) is 16.7. The van der Waals surface area contributed by atoms with E-state index >= 15 is 0 Å². The summed E-state index contributed by atoms with van der Waals surface area (Å²) in [5.74, 6) is -2.72. The Balaban J connectivity index is 1.68. The monoisotopic (exact) mass is 445 g/mol. The number of carbonyl (C=O) groups is 1. The van der Waals surface area contributed by atoms with Crippen LogP contribution in [0.4, 0.5) is 10.2 Å². The lowest BCUT2D eigenvalue weighted by Crippen LogP contribution is -2.17. The normalized spacial score (nSPS) is 11.5. The number of fused-ring (bicyclic) bond motifs is 1. The molecule has 4 rings (SSSR count). The van der Waals surface area contributed by atoms with Crippen molar-refractivity contribution < 1.29 is 22.3 Å². The molecule has 0 bridgehead atoms. The molecule has 0 radical (unpaired) electrons. The van der Waals surface area contributed by atoms with E-state index in [2.05, 4.69) is 5.10 Å². The first kappa shape index (κ1) is 19.9. The second-order valence-corrected chi connectivity index (χ2v) is 8.43. The number of nitrogens with two attached hydrogens (primary N) is 1. The van der Waals surface area contributed by atoms with Gasteiger partial charge in [0.2, 0.25) is 5.88 Å². The first-order valence-corrected chi connectivity index (χ1v) is 10.4. The topological polar surface area (TPSA) is 104 Å². The van der Waals surface area contributed by atoms with Crippen LogP contribution in [0.2, 0.25) is 5.02 Å². The molecule has 0 unspecified atom stereocenters. The number of nitrogen functional groups attached to an aromatic ring is 1. The number of rotatable bonds is 4. The maximum absolute atomic E-state index is 13.9. The van der Waals surface area contributed by atoms with Crippen molar-refractivity contribution in [3.63, 3.8) is 0 Å². The van der Waals surface area contributed by atoms with Gasteiger partial charge in [0, 0.05) is 6.07 Å². The van der Waals surface area contributed by atoms with Crippen LogP contribution in [0.25, 0.3) is 10.8 Å². The molecule has 0 atom stereocenters. The molecule has 2 N–H and O–H groups in total. The van der Waals surface area contributed by atoms with Gasteiger partial charge in [-0.3, -0.25) is 0 Å². The van der Waals surface area contributed by atoms with Gasteiger partial charge in [-0.2, -0.15) is 8.42 Å². The van der Waals surface area contributed by atoms with Crippen LogP contribution in [-0.4, -0.2) is 23.6 Å². The average molecular weight is 446 g/mol. The zero-order chi connectivity index (χ0) is 21.5. The van der Waals surface area contributed by atoms with Crippen LogP contribution in [0.15, 0.2) is 71.6 Å². The molecule has 1 aromatic heterocycles. The third kappa shape index (κ3) is 3.49. The summed E-state index contributed by atoms with van der Waals surface area (Å²) in [6.45, 7) is 0. The summed E-state index contributed by atoms with van der Waals surface area (Å²) in [5, 5.41) is 5.18. The van der Waals surface area contributed by atoms with Crippen molar-refractivity contribution in [2.45, 2.75) is 4.90 Å². The van der Waals surface area contributed by atoms with Crippen molar-refractivity contribution in [3.8, 4) is 5.88 Å². The maximum atomic E-state index is 13.9. The SMILES string of the molecule is Nc1cc(OC(=O)c2c(F)cccc2Cl)nn1S(=O)(=O)c1ccc2ccccc2c1. The molecule has 7 nitrogen and oxygen atoms in total. The highest BCUT2D eigenvalue weighted by atomic mass is 35.5. The third-order valence-corrected chi connectivity index (χ3v) is 6.20.